The van der Waals surface area contributed by atoms with Crippen LogP contribution in [-0.2, 0) is 6.42 Å². The van der Waals surface area contributed by atoms with E-state index in [0.717, 1.165) is 25.8 Å². The highest BCUT2D eigenvalue weighted by molar-refractivity contribution is 7.09. The average Bonchev–Trinajstić information content (AvgIpc) is 2.89. The average molecular weight is 297 g/mol. The second kappa shape index (κ2) is 9.77. The summed E-state index contributed by atoms with van der Waals surface area (Å²) in [6.45, 7) is 6.10. The minimum atomic E-state index is 0.221. The molecule has 1 atom stereocenters. The van der Waals surface area contributed by atoms with Crippen molar-refractivity contribution in [3.05, 3.63) is 22.4 Å². The molecule has 0 radical (unpaired) electrons. The van der Waals surface area contributed by atoms with Gasteiger partial charge in [-0.05, 0) is 42.5 Å². The van der Waals surface area contributed by atoms with E-state index in [1.54, 1.807) is 11.3 Å². The van der Waals surface area contributed by atoms with Gasteiger partial charge in [0.1, 0.15) is 0 Å². The Kier molecular flexibility index (Phi) is 8.30. The maximum Gasteiger partial charge on any atom is 0.188 e. The lowest BCUT2D eigenvalue weighted by Gasteiger charge is -2.16. The van der Waals surface area contributed by atoms with Crippen LogP contribution in [0.2, 0.25) is 0 Å². The first kappa shape index (κ1) is 17.0. The summed E-state index contributed by atoms with van der Waals surface area (Å²) in [5.41, 5.74) is 5.87. The summed E-state index contributed by atoms with van der Waals surface area (Å²) < 4.78 is 0. The number of hydrogen-bond acceptors (Lipinski definition) is 3. The topological polar surface area (TPSA) is 70.6 Å². The van der Waals surface area contributed by atoms with Gasteiger partial charge in [0.25, 0.3) is 0 Å². The molecule has 0 aliphatic heterocycles. The first-order valence-corrected chi connectivity index (χ1v) is 8.16. The Hall–Kier alpha value is -1.07. The van der Waals surface area contributed by atoms with Crippen LogP contribution in [0.5, 0.6) is 0 Å². The van der Waals surface area contributed by atoms with E-state index in [2.05, 4.69) is 41.7 Å². The lowest BCUT2D eigenvalue weighted by Crippen LogP contribution is -2.33. The van der Waals surface area contributed by atoms with E-state index in [-0.39, 0.29) is 6.61 Å². The number of nitrogens with one attached hydrogen (secondary N) is 1. The molecular formula is C15H27N3OS. The van der Waals surface area contributed by atoms with Gasteiger partial charge in [0.2, 0.25) is 0 Å². The Morgan fingerprint density at radius 2 is 2.30 bits per heavy atom. The van der Waals surface area contributed by atoms with E-state index in [4.69, 9.17) is 10.8 Å². The Balaban J connectivity index is 2.27. The zero-order chi connectivity index (χ0) is 14.8. The van der Waals surface area contributed by atoms with Crippen LogP contribution in [0.25, 0.3) is 0 Å². The highest BCUT2D eigenvalue weighted by Crippen LogP contribution is 2.15. The molecule has 0 aromatic carbocycles. The lowest BCUT2D eigenvalue weighted by molar-refractivity contribution is 0.246. The SMILES string of the molecule is CC(C)CC(CCO)CN=C(N)NCCc1cccs1. The van der Waals surface area contributed by atoms with Gasteiger partial charge in [-0.2, -0.15) is 0 Å². The molecule has 0 aliphatic rings. The summed E-state index contributed by atoms with van der Waals surface area (Å²) in [7, 11) is 0. The number of nitrogens with two attached hydrogens (primary N) is 1. The van der Waals surface area contributed by atoms with Crippen LogP contribution >= 0.6 is 11.3 Å². The van der Waals surface area contributed by atoms with Gasteiger partial charge >= 0.3 is 0 Å². The van der Waals surface area contributed by atoms with E-state index < -0.39 is 0 Å². The van der Waals surface area contributed by atoms with Gasteiger partial charge < -0.3 is 16.2 Å². The van der Waals surface area contributed by atoms with Crippen molar-refractivity contribution in [1.29, 1.82) is 0 Å². The molecular weight excluding hydrogens is 270 g/mol. The molecule has 0 amide bonds. The van der Waals surface area contributed by atoms with E-state index >= 15 is 0 Å². The summed E-state index contributed by atoms with van der Waals surface area (Å²) in [5.74, 6) is 1.54. The van der Waals surface area contributed by atoms with Crippen molar-refractivity contribution in [3.63, 3.8) is 0 Å². The van der Waals surface area contributed by atoms with E-state index in [1.165, 1.54) is 4.88 Å². The van der Waals surface area contributed by atoms with Crippen molar-refractivity contribution < 1.29 is 5.11 Å². The molecule has 1 heterocycles. The van der Waals surface area contributed by atoms with Gasteiger partial charge in [0.05, 0.1) is 0 Å². The molecule has 0 bridgehead atoms. The summed E-state index contributed by atoms with van der Waals surface area (Å²) >= 11 is 1.76. The summed E-state index contributed by atoms with van der Waals surface area (Å²) in [6.07, 6.45) is 2.84. The maximum absolute atomic E-state index is 9.07. The molecule has 0 fully saturated rings. The third-order valence-electron chi connectivity index (χ3n) is 3.12. The number of aliphatic hydroxyl groups excluding tert-OH is 1. The molecule has 0 saturated carbocycles. The number of nitrogens with zero attached hydrogens (tertiary/aromatic N) is 1. The van der Waals surface area contributed by atoms with Crippen molar-refractivity contribution in [1.82, 2.24) is 5.32 Å². The number of guanidine groups is 1. The van der Waals surface area contributed by atoms with Crippen LogP contribution in [0, 0.1) is 11.8 Å². The largest absolute Gasteiger partial charge is 0.396 e. The monoisotopic (exact) mass is 297 g/mol. The fourth-order valence-corrected chi connectivity index (χ4v) is 2.89. The Morgan fingerprint density at radius 3 is 2.90 bits per heavy atom. The third-order valence-corrected chi connectivity index (χ3v) is 4.06. The first-order chi connectivity index (χ1) is 9.61. The third kappa shape index (κ3) is 7.50. The first-order valence-electron chi connectivity index (χ1n) is 7.28. The molecule has 0 saturated heterocycles. The smallest absolute Gasteiger partial charge is 0.188 e. The zero-order valence-corrected chi connectivity index (χ0v) is 13.3. The Labute approximate surface area is 126 Å². The van der Waals surface area contributed by atoms with Gasteiger partial charge in [-0.25, -0.2) is 0 Å². The van der Waals surface area contributed by atoms with Crippen LogP contribution in [0.1, 0.15) is 31.6 Å². The number of aliphatic imine (C=N–C) groups is 1. The number of thiophene rings is 1. The molecule has 114 valence electrons. The van der Waals surface area contributed by atoms with Gasteiger partial charge in [-0.3, -0.25) is 4.99 Å². The molecule has 1 aromatic heterocycles. The lowest BCUT2D eigenvalue weighted by atomic mass is 9.94. The molecule has 4 nitrogen and oxygen atoms in total. The molecule has 1 rings (SSSR count). The van der Waals surface area contributed by atoms with E-state index in [1.807, 2.05) is 0 Å². The van der Waals surface area contributed by atoms with Crippen LogP contribution < -0.4 is 11.1 Å². The number of hydrogen-bond donors (Lipinski definition) is 3. The predicted molar refractivity (Wildman–Crippen MR) is 87.2 cm³/mol. The molecule has 5 heteroatoms. The van der Waals surface area contributed by atoms with E-state index in [0.29, 0.717) is 24.3 Å². The molecule has 1 aromatic rings. The highest BCUT2D eigenvalue weighted by Gasteiger charge is 2.10. The summed E-state index contributed by atoms with van der Waals surface area (Å²) in [4.78, 5) is 5.74. The van der Waals surface area contributed by atoms with Gasteiger partial charge in [0.15, 0.2) is 5.96 Å². The Bertz CT molecular complexity index is 376. The standard InChI is InChI=1S/C15H27N3OS/c1-12(2)10-13(6-8-19)11-18-15(16)17-7-5-14-4-3-9-20-14/h3-4,9,12-13,19H,5-8,10-11H2,1-2H3,(H3,16,17,18). The van der Waals surface area contributed by atoms with Crippen molar-refractivity contribution in [2.75, 3.05) is 19.7 Å². The predicted octanol–water partition coefficient (Wildman–Crippen LogP) is 2.24. The molecule has 0 spiro atoms. The fraction of sp³-hybridized carbons (Fsp3) is 0.667. The van der Waals surface area contributed by atoms with Crippen molar-refractivity contribution >= 4 is 17.3 Å². The molecule has 4 N–H and O–H groups in total. The maximum atomic E-state index is 9.07. The summed E-state index contributed by atoms with van der Waals surface area (Å²) in [6, 6.07) is 4.18. The molecule has 1 unspecified atom stereocenters. The molecule has 0 aliphatic carbocycles. The van der Waals surface area contributed by atoms with Crippen molar-refractivity contribution in [3.8, 4) is 0 Å². The van der Waals surface area contributed by atoms with Crippen LogP contribution in [0.15, 0.2) is 22.5 Å². The zero-order valence-electron chi connectivity index (χ0n) is 12.5. The summed E-state index contributed by atoms with van der Waals surface area (Å²) in [5, 5.41) is 14.3. The second-order valence-corrected chi connectivity index (χ2v) is 6.52. The van der Waals surface area contributed by atoms with Gasteiger partial charge in [0, 0.05) is 24.6 Å². The normalized spacial score (nSPS) is 13.7. The minimum absolute atomic E-state index is 0.221. The number of rotatable bonds is 9. The number of aliphatic hydroxyl groups is 1. The van der Waals surface area contributed by atoms with Crippen molar-refractivity contribution in [2.45, 2.75) is 33.1 Å². The minimum Gasteiger partial charge on any atom is -0.396 e. The highest BCUT2D eigenvalue weighted by atomic mass is 32.1. The van der Waals surface area contributed by atoms with Crippen LogP contribution in [0.3, 0.4) is 0 Å². The quantitative estimate of drug-likeness (QED) is 0.483. The van der Waals surface area contributed by atoms with Crippen LogP contribution in [0.4, 0.5) is 0 Å². The fourth-order valence-electron chi connectivity index (χ4n) is 2.18. The molecule has 20 heavy (non-hydrogen) atoms. The van der Waals surface area contributed by atoms with E-state index in [9.17, 15) is 0 Å². The van der Waals surface area contributed by atoms with Crippen molar-refractivity contribution in [2.24, 2.45) is 22.6 Å². The van der Waals surface area contributed by atoms with Crippen LogP contribution in [-0.4, -0.2) is 30.8 Å². The second-order valence-electron chi connectivity index (χ2n) is 5.49. The Morgan fingerprint density at radius 1 is 1.50 bits per heavy atom. The van der Waals surface area contributed by atoms with Gasteiger partial charge in [-0.15, -0.1) is 11.3 Å². The van der Waals surface area contributed by atoms with Gasteiger partial charge in [-0.1, -0.05) is 19.9 Å².